The van der Waals surface area contributed by atoms with Gasteiger partial charge in [-0.2, -0.15) is 0 Å². The van der Waals surface area contributed by atoms with Crippen LogP contribution >= 0.6 is 0 Å². The van der Waals surface area contributed by atoms with Crippen LogP contribution < -0.4 is 16.0 Å². The molecule has 1 aliphatic carbocycles. The van der Waals surface area contributed by atoms with Crippen LogP contribution in [0.3, 0.4) is 0 Å². The van der Waals surface area contributed by atoms with Crippen LogP contribution in [0.25, 0.3) is 0 Å². The highest BCUT2D eigenvalue weighted by molar-refractivity contribution is 5.31. The molecule has 1 atom stereocenters. The van der Waals surface area contributed by atoms with E-state index in [2.05, 4.69) is 51.3 Å². The molecule has 1 saturated carbocycles. The number of ether oxygens (including phenoxy) is 1. The van der Waals surface area contributed by atoms with Gasteiger partial charge in [-0.3, -0.25) is 11.3 Å². The summed E-state index contributed by atoms with van der Waals surface area (Å²) in [6, 6.07) is 8.57. The summed E-state index contributed by atoms with van der Waals surface area (Å²) in [6.07, 6.45) is 5.21. The number of hydrogen-bond donors (Lipinski definition) is 2. The summed E-state index contributed by atoms with van der Waals surface area (Å²) in [5, 5.41) is 0. The van der Waals surface area contributed by atoms with Crippen molar-refractivity contribution < 1.29 is 4.74 Å². The molecule has 0 spiro atoms. The molecule has 3 heteroatoms. The van der Waals surface area contributed by atoms with E-state index in [9.17, 15) is 0 Å². The van der Waals surface area contributed by atoms with Gasteiger partial charge in [-0.05, 0) is 68.6 Å². The fourth-order valence-corrected chi connectivity index (χ4v) is 3.31. The topological polar surface area (TPSA) is 47.3 Å². The molecular formula is C18H30N2O. The Morgan fingerprint density at radius 1 is 1.24 bits per heavy atom. The van der Waals surface area contributed by atoms with E-state index in [1.165, 1.54) is 31.2 Å². The van der Waals surface area contributed by atoms with E-state index < -0.39 is 0 Å². The second kappa shape index (κ2) is 6.80. The predicted octanol–water partition coefficient (Wildman–Crippen LogP) is 4.19. The molecular weight excluding hydrogens is 260 g/mol. The van der Waals surface area contributed by atoms with Gasteiger partial charge in [-0.25, -0.2) is 0 Å². The Hall–Kier alpha value is -1.06. The van der Waals surface area contributed by atoms with Gasteiger partial charge in [0.05, 0.1) is 6.10 Å². The van der Waals surface area contributed by atoms with E-state index in [1.54, 1.807) is 0 Å². The van der Waals surface area contributed by atoms with Gasteiger partial charge in [0, 0.05) is 6.04 Å². The second-order valence-electron chi connectivity index (χ2n) is 7.39. The predicted molar refractivity (Wildman–Crippen MR) is 88.0 cm³/mol. The summed E-state index contributed by atoms with van der Waals surface area (Å²) >= 11 is 0. The van der Waals surface area contributed by atoms with Crippen molar-refractivity contribution in [2.24, 2.45) is 17.2 Å². The van der Waals surface area contributed by atoms with E-state index >= 15 is 0 Å². The van der Waals surface area contributed by atoms with Crippen molar-refractivity contribution in [3.63, 3.8) is 0 Å². The minimum atomic E-state index is 0.194. The molecule has 3 N–H and O–H groups in total. The molecule has 118 valence electrons. The fourth-order valence-electron chi connectivity index (χ4n) is 3.31. The first kappa shape index (κ1) is 16.3. The lowest BCUT2D eigenvalue weighted by atomic mass is 9.70. The maximum atomic E-state index is 5.86. The Bertz CT molecular complexity index is 446. The molecule has 1 aromatic rings. The molecule has 1 fully saturated rings. The summed E-state index contributed by atoms with van der Waals surface area (Å²) < 4.78 is 5.80. The van der Waals surface area contributed by atoms with Crippen LogP contribution in [0, 0.1) is 11.3 Å². The van der Waals surface area contributed by atoms with Gasteiger partial charge in [-0.1, -0.05) is 26.0 Å². The maximum Gasteiger partial charge on any atom is 0.120 e. The number of hydrogen-bond acceptors (Lipinski definition) is 3. The molecule has 21 heavy (non-hydrogen) atoms. The first-order chi connectivity index (χ1) is 9.91. The molecule has 0 aromatic heterocycles. The zero-order valence-electron chi connectivity index (χ0n) is 13.9. The van der Waals surface area contributed by atoms with Crippen LogP contribution in [-0.2, 0) is 0 Å². The van der Waals surface area contributed by atoms with Crippen molar-refractivity contribution in [2.75, 3.05) is 0 Å². The average molecular weight is 290 g/mol. The molecule has 1 aliphatic rings. The summed E-state index contributed by atoms with van der Waals surface area (Å²) in [7, 11) is 0. The Kier molecular flexibility index (Phi) is 5.28. The molecule has 3 nitrogen and oxygen atoms in total. The minimum absolute atomic E-state index is 0.194. The van der Waals surface area contributed by atoms with Crippen molar-refractivity contribution in [2.45, 2.75) is 65.5 Å². The Morgan fingerprint density at radius 2 is 1.90 bits per heavy atom. The smallest absolute Gasteiger partial charge is 0.120 e. The van der Waals surface area contributed by atoms with E-state index in [-0.39, 0.29) is 12.1 Å². The molecule has 2 rings (SSSR count). The molecule has 0 bridgehead atoms. The SMILES string of the molecule is CC(C)Oc1cccc(C(NN)C2CCC(C)(C)CC2)c1. The summed E-state index contributed by atoms with van der Waals surface area (Å²) in [5.41, 5.74) is 4.76. The second-order valence-corrected chi connectivity index (χ2v) is 7.39. The lowest BCUT2D eigenvalue weighted by Gasteiger charge is -2.38. The molecule has 0 aliphatic heterocycles. The van der Waals surface area contributed by atoms with Gasteiger partial charge in [0.25, 0.3) is 0 Å². The van der Waals surface area contributed by atoms with Crippen molar-refractivity contribution in [1.29, 1.82) is 0 Å². The van der Waals surface area contributed by atoms with Crippen LogP contribution in [0.5, 0.6) is 5.75 Å². The maximum absolute atomic E-state index is 5.86. The lowest BCUT2D eigenvalue weighted by Crippen LogP contribution is -2.36. The minimum Gasteiger partial charge on any atom is -0.491 e. The van der Waals surface area contributed by atoms with Gasteiger partial charge in [0.1, 0.15) is 5.75 Å². The third kappa shape index (κ3) is 4.45. The summed E-state index contributed by atoms with van der Waals surface area (Å²) in [5.74, 6) is 7.40. The molecule has 0 amide bonds. The Labute approximate surface area is 129 Å². The van der Waals surface area contributed by atoms with Crippen LogP contribution in [-0.4, -0.2) is 6.10 Å². The standard InChI is InChI=1S/C18H30N2O/c1-13(2)21-16-7-5-6-15(12-16)17(20-19)14-8-10-18(3,4)11-9-14/h5-7,12-14,17,20H,8-11,19H2,1-4H3. The van der Waals surface area contributed by atoms with Crippen molar-refractivity contribution in [1.82, 2.24) is 5.43 Å². The first-order valence-electron chi connectivity index (χ1n) is 8.14. The van der Waals surface area contributed by atoms with Gasteiger partial charge in [-0.15, -0.1) is 0 Å². The lowest BCUT2D eigenvalue weighted by molar-refractivity contribution is 0.161. The monoisotopic (exact) mass is 290 g/mol. The molecule has 1 unspecified atom stereocenters. The van der Waals surface area contributed by atoms with Gasteiger partial charge < -0.3 is 4.74 Å². The van der Waals surface area contributed by atoms with Crippen LogP contribution in [0.1, 0.15) is 65.0 Å². The zero-order chi connectivity index (χ0) is 15.5. The van der Waals surface area contributed by atoms with Crippen molar-refractivity contribution in [3.8, 4) is 5.75 Å². The number of hydrazine groups is 1. The molecule has 1 aromatic carbocycles. The van der Waals surface area contributed by atoms with Crippen LogP contribution in [0.15, 0.2) is 24.3 Å². The van der Waals surface area contributed by atoms with E-state index in [0.29, 0.717) is 11.3 Å². The number of rotatable bonds is 5. The number of benzene rings is 1. The van der Waals surface area contributed by atoms with E-state index in [1.807, 2.05) is 6.07 Å². The van der Waals surface area contributed by atoms with Crippen molar-refractivity contribution in [3.05, 3.63) is 29.8 Å². The van der Waals surface area contributed by atoms with Gasteiger partial charge in [0.15, 0.2) is 0 Å². The Morgan fingerprint density at radius 3 is 2.48 bits per heavy atom. The normalized spacial score (nSPS) is 20.5. The number of nitrogens with two attached hydrogens (primary N) is 1. The highest BCUT2D eigenvalue weighted by Gasteiger charge is 2.31. The van der Waals surface area contributed by atoms with E-state index in [4.69, 9.17) is 10.6 Å². The quantitative estimate of drug-likeness (QED) is 0.631. The van der Waals surface area contributed by atoms with Gasteiger partial charge >= 0.3 is 0 Å². The molecule has 0 radical (unpaired) electrons. The zero-order valence-corrected chi connectivity index (χ0v) is 13.9. The summed E-state index contributed by atoms with van der Waals surface area (Å²) in [6.45, 7) is 8.83. The summed E-state index contributed by atoms with van der Waals surface area (Å²) in [4.78, 5) is 0. The number of nitrogens with one attached hydrogen (secondary N) is 1. The van der Waals surface area contributed by atoms with Crippen molar-refractivity contribution >= 4 is 0 Å². The third-order valence-electron chi connectivity index (χ3n) is 4.62. The van der Waals surface area contributed by atoms with Crippen LogP contribution in [0.2, 0.25) is 0 Å². The molecule has 0 heterocycles. The third-order valence-corrected chi connectivity index (χ3v) is 4.62. The highest BCUT2D eigenvalue weighted by atomic mass is 16.5. The first-order valence-corrected chi connectivity index (χ1v) is 8.14. The highest BCUT2D eigenvalue weighted by Crippen LogP contribution is 2.42. The molecule has 0 saturated heterocycles. The van der Waals surface area contributed by atoms with E-state index in [0.717, 1.165) is 5.75 Å². The van der Waals surface area contributed by atoms with Gasteiger partial charge in [0.2, 0.25) is 0 Å². The van der Waals surface area contributed by atoms with Crippen LogP contribution in [0.4, 0.5) is 0 Å². The average Bonchev–Trinajstić information content (AvgIpc) is 2.41. The fraction of sp³-hybridized carbons (Fsp3) is 0.667. The largest absolute Gasteiger partial charge is 0.491 e. The Balaban J connectivity index is 2.10.